The molecule has 8 nitrogen and oxygen atoms in total. The van der Waals surface area contributed by atoms with Crippen LogP contribution >= 0.6 is 11.3 Å². The lowest BCUT2D eigenvalue weighted by Crippen LogP contribution is -2.15. The summed E-state index contributed by atoms with van der Waals surface area (Å²) in [6.45, 7) is 1.74. The van der Waals surface area contributed by atoms with E-state index in [1.807, 2.05) is 0 Å². The molecule has 0 atom stereocenters. The van der Waals surface area contributed by atoms with E-state index >= 15 is 0 Å². The highest BCUT2D eigenvalue weighted by Gasteiger charge is 2.18. The lowest BCUT2D eigenvalue weighted by molar-refractivity contribution is 0.0602. The first kappa shape index (κ1) is 14.1. The van der Waals surface area contributed by atoms with Gasteiger partial charge in [-0.25, -0.2) is 4.79 Å². The number of anilines is 1. The van der Waals surface area contributed by atoms with Crippen LogP contribution in [0, 0.1) is 6.92 Å². The zero-order chi connectivity index (χ0) is 15.7. The Hall–Kier alpha value is -2.81. The number of carbonyl (C=O) groups excluding carboxylic acids is 2. The molecule has 0 radical (unpaired) electrons. The van der Waals surface area contributed by atoms with Crippen molar-refractivity contribution in [2.75, 3.05) is 12.4 Å². The van der Waals surface area contributed by atoms with Crippen molar-refractivity contribution in [1.82, 2.24) is 19.8 Å². The first-order valence-electron chi connectivity index (χ1n) is 6.27. The molecule has 1 N–H and O–H groups in total. The zero-order valence-electron chi connectivity index (χ0n) is 11.7. The Morgan fingerprint density at radius 3 is 2.77 bits per heavy atom. The van der Waals surface area contributed by atoms with Crippen LogP contribution in [0.5, 0.6) is 0 Å². The number of rotatable bonds is 3. The molecule has 1 amide bonds. The van der Waals surface area contributed by atoms with Gasteiger partial charge in [-0.2, -0.15) is 4.52 Å². The van der Waals surface area contributed by atoms with E-state index in [1.165, 1.54) is 11.6 Å². The standard InChI is InChI=1S/C13H11N5O3S/c1-7-15-16-13-18(7)17-11(22-13)10(19)14-9-6-4-3-5-8(9)12(20)21-2/h3-6H,1-2H3,(H,14,19). The molecule has 0 fully saturated rings. The number of fused-ring (bicyclic) bond motifs is 1. The summed E-state index contributed by atoms with van der Waals surface area (Å²) in [7, 11) is 1.28. The van der Waals surface area contributed by atoms with E-state index in [2.05, 4.69) is 25.3 Å². The number of aryl methyl sites for hydroxylation is 1. The first-order chi connectivity index (χ1) is 10.6. The molecule has 2 heterocycles. The van der Waals surface area contributed by atoms with Crippen LogP contribution in [0.25, 0.3) is 4.96 Å². The Morgan fingerprint density at radius 1 is 1.27 bits per heavy atom. The number of hydrogen-bond acceptors (Lipinski definition) is 7. The van der Waals surface area contributed by atoms with E-state index < -0.39 is 11.9 Å². The molecule has 0 aliphatic carbocycles. The van der Waals surface area contributed by atoms with Crippen molar-refractivity contribution in [1.29, 1.82) is 0 Å². The molecule has 0 unspecified atom stereocenters. The van der Waals surface area contributed by atoms with Crippen LogP contribution in [-0.2, 0) is 4.74 Å². The van der Waals surface area contributed by atoms with Crippen molar-refractivity contribution >= 4 is 33.9 Å². The monoisotopic (exact) mass is 317 g/mol. The number of para-hydroxylation sites is 1. The number of hydrogen-bond donors (Lipinski definition) is 1. The maximum Gasteiger partial charge on any atom is 0.339 e. The fourth-order valence-electron chi connectivity index (χ4n) is 1.86. The Labute approximate surface area is 128 Å². The van der Waals surface area contributed by atoms with Crippen molar-refractivity contribution in [3.05, 3.63) is 40.7 Å². The molecule has 0 aliphatic heterocycles. The molecule has 0 saturated heterocycles. The third kappa shape index (κ3) is 2.42. The Morgan fingerprint density at radius 2 is 2.05 bits per heavy atom. The molecule has 112 valence electrons. The molecular formula is C13H11N5O3S. The summed E-state index contributed by atoms with van der Waals surface area (Å²) in [5, 5.41) is 14.8. The number of ether oxygens (including phenoxy) is 1. The SMILES string of the molecule is COC(=O)c1ccccc1NC(=O)c1nn2c(C)nnc2s1. The molecule has 2 aromatic heterocycles. The van der Waals surface area contributed by atoms with Gasteiger partial charge in [0.15, 0.2) is 5.82 Å². The minimum absolute atomic E-state index is 0.229. The summed E-state index contributed by atoms with van der Waals surface area (Å²) in [5.41, 5.74) is 0.638. The van der Waals surface area contributed by atoms with Gasteiger partial charge in [-0.3, -0.25) is 4.79 Å². The largest absolute Gasteiger partial charge is 0.465 e. The van der Waals surface area contributed by atoms with Crippen LogP contribution in [0.4, 0.5) is 5.69 Å². The summed E-state index contributed by atoms with van der Waals surface area (Å²) in [4.78, 5) is 24.5. The third-order valence-electron chi connectivity index (χ3n) is 2.92. The van der Waals surface area contributed by atoms with Crippen molar-refractivity contribution in [3.8, 4) is 0 Å². The second-order valence-corrected chi connectivity index (χ2v) is 5.30. The van der Waals surface area contributed by atoms with E-state index in [0.717, 1.165) is 11.3 Å². The third-order valence-corrected chi connectivity index (χ3v) is 3.82. The number of carbonyl (C=O) groups is 2. The predicted molar refractivity (Wildman–Crippen MR) is 79.1 cm³/mol. The molecule has 9 heteroatoms. The molecular weight excluding hydrogens is 306 g/mol. The van der Waals surface area contributed by atoms with Crippen molar-refractivity contribution < 1.29 is 14.3 Å². The molecule has 0 spiro atoms. The maximum absolute atomic E-state index is 12.3. The molecule has 0 saturated carbocycles. The van der Waals surface area contributed by atoms with E-state index in [-0.39, 0.29) is 10.6 Å². The maximum atomic E-state index is 12.3. The number of methoxy groups -OCH3 is 1. The molecule has 22 heavy (non-hydrogen) atoms. The van der Waals surface area contributed by atoms with Gasteiger partial charge < -0.3 is 10.1 Å². The number of amides is 1. The van der Waals surface area contributed by atoms with Gasteiger partial charge in [-0.05, 0) is 19.1 Å². The Balaban J connectivity index is 1.89. The summed E-state index contributed by atoms with van der Waals surface area (Å²) in [6, 6.07) is 6.60. The van der Waals surface area contributed by atoms with Crippen LogP contribution in [0.2, 0.25) is 0 Å². The van der Waals surface area contributed by atoms with Crippen LogP contribution in [0.15, 0.2) is 24.3 Å². The number of aromatic nitrogens is 4. The smallest absolute Gasteiger partial charge is 0.339 e. The molecule has 1 aromatic carbocycles. The highest BCUT2D eigenvalue weighted by Crippen LogP contribution is 2.19. The number of esters is 1. The van der Waals surface area contributed by atoms with Gasteiger partial charge in [0, 0.05) is 0 Å². The fourth-order valence-corrected chi connectivity index (χ4v) is 2.64. The van der Waals surface area contributed by atoms with E-state index in [0.29, 0.717) is 16.5 Å². The van der Waals surface area contributed by atoms with Crippen LogP contribution in [0.3, 0.4) is 0 Å². The van der Waals surface area contributed by atoms with Crippen molar-refractivity contribution in [2.45, 2.75) is 6.92 Å². The summed E-state index contributed by atoms with van der Waals surface area (Å²) < 4.78 is 6.18. The first-order valence-corrected chi connectivity index (χ1v) is 7.09. The average molecular weight is 317 g/mol. The van der Waals surface area contributed by atoms with Gasteiger partial charge in [-0.15, -0.1) is 15.3 Å². The molecule has 0 bridgehead atoms. The van der Waals surface area contributed by atoms with E-state index in [1.54, 1.807) is 31.2 Å². The van der Waals surface area contributed by atoms with Gasteiger partial charge >= 0.3 is 5.97 Å². The molecule has 3 rings (SSSR count). The number of benzene rings is 1. The zero-order valence-corrected chi connectivity index (χ0v) is 12.5. The summed E-state index contributed by atoms with van der Waals surface area (Å²) in [5.74, 6) is -0.351. The minimum Gasteiger partial charge on any atom is -0.465 e. The predicted octanol–water partition coefficient (Wildman–Crippen LogP) is 1.53. The van der Waals surface area contributed by atoms with Gasteiger partial charge in [0.25, 0.3) is 5.91 Å². The summed E-state index contributed by atoms with van der Waals surface area (Å²) >= 11 is 1.12. The fraction of sp³-hybridized carbons (Fsp3) is 0.154. The van der Waals surface area contributed by atoms with Crippen LogP contribution in [-0.4, -0.2) is 38.8 Å². The van der Waals surface area contributed by atoms with Crippen molar-refractivity contribution in [3.63, 3.8) is 0 Å². The highest BCUT2D eigenvalue weighted by atomic mass is 32.1. The normalized spacial score (nSPS) is 10.6. The molecule has 0 aliphatic rings. The van der Waals surface area contributed by atoms with Gasteiger partial charge in [0.2, 0.25) is 9.97 Å². The highest BCUT2D eigenvalue weighted by molar-refractivity contribution is 7.18. The second-order valence-electron chi connectivity index (χ2n) is 4.34. The number of nitrogens with one attached hydrogen (secondary N) is 1. The Kier molecular flexibility index (Phi) is 3.55. The van der Waals surface area contributed by atoms with Crippen LogP contribution < -0.4 is 5.32 Å². The van der Waals surface area contributed by atoms with E-state index in [4.69, 9.17) is 0 Å². The Bertz CT molecular complexity index is 870. The van der Waals surface area contributed by atoms with E-state index in [9.17, 15) is 9.59 Å². The minimum atomic E-state index is -0.523. The molecule has 3 aromatic rings. The lowest BCUT2D eigenvalue weighted by Gasteiger charge is -2.07. The topological polar surface area (TPSA) is 98.5 Å². The quantitative estimate of drug-likeness (QED) is 0.736. The van der Waals surface area contributed by atoms with Gasteiger partial charge in [-0.1, -0.05) is 23.5 Å². The van der Waals surface area contributed by atoms with Gasteiger partial charge in [0.05, 0.1) is 18.4 Å². The van der Waals surface area contributed by atoms with Crippen LogP contribution in [0.1, 0.15) is 26.0 Å². The second kappa shape index (κ2) is 5.53. The average Bonchev–Trinajstić information content (AvgIpc) is 3.09. The number of nitrogens with zero attached hydrogens (tertiary/aromatic N) is 4. The summed E-state index contributed by atoms with van der Waals surface area (Å²) in [6.07, 6.45) is 0. The van der Waals surface area contributed by atoms with Crippen molar-refractivity contribution in [2.24, 2.45) is 0 Å². The van der Waals surface area contributed by atoms with Gasteiger partial charge in [0.1, 0.15) is 0 Å². The lowest BCUT2D eigenvalue weighted by atomic mass is 10.2.